The molecule has 1 fully saturated rings. The highest BCUT2D eigenvalue weighted by molar-refractivity contribution is 6.26. The highest BCUT2D eigenvalue weighted by Gasteiger charge is 2.54. The Morgan fingerprint density at radius 1 is 0.627 bits per heavy atom. The Kier molecular flexibility index (Phi) is 8.25. The number of hydrogen-bond acceptors (Lipinski definition) is 17. The van der Waals surface area contributed by atoms with E-state index in [1.165, 1.54) is 55.8 Å². The summed E-state index contributed by atoms with van der Waals surface area (Å²) in [5, 5.41) is 31.5. The van der Waals surface area contributed by atoms with E-state index in [9.17, 15) is 29.7 Å². The van der Waals surface area contributed by atoms with Crippen molar-refractivity contribution in [3.63, 3.8) is 0 Å². The van der Waals surface area contributed by atoms with E-state index in [1.54, 1.807) is 0 Å². The first kappa shape index (κ1) is 34.0. The molecule has 2 aliphatic rings. The minimum atomic E-state index is -1.69. The zero-order chi connectivity index (χ0) is 36.6. The predicted molar refractivity (Wildman–Crippen MR) is 174 cm³/mol. The summed E-state index contributed by atoms with van der Waals surface area (Å²) in [7, 11) is 9.09. The Bertz CT molecular complexity index is 2340. The number of aliphatic hydroxyl groups excluding tert-OH is 3. The summed E-state index contributed by atoms with van der Waals surface area (Å²) in [5.74, 6) is -1.60. The van der Waals surface area contributed by atoms with Crippen LogP contribution in [-0.4, -0.2) is 102 Å². The molecule has 0 bridgehead atoms. The average Bonchev–Trinajstić information content (AvgIpc) is 3.13. The van der Waals surface area contributed by atoms with Crippen molar-refractivity contribution in [1.29, 1.82) is 0 Å². The van der Waals surface area contributed by atoms with Crippen LogP contribution in [-0.2, 0) is 9.47 Å². The second-order valence-corrected chi connectivity index (χ2v) is 11.6. The van der Waals surface area contributed by atoms with Crippen LogP contribution in [0.1, 0.15) is 22.0 Å². The number of benzene rings is 3. The SMILES string of the molecule is COc1cc2c(=O)oc3c(OC)c(OC)c(-c4c(OC)c(OC)c(OC)c5c4C(=O)O[C@@H]4[C@@H](O)[C@H](O)[C@@H](CO)O[C@H]54)c4c(=O)oc(c1OC)c2c34. The third kappa shape index (κ3) is 4.45. The lowest BCUT2D eigenvalue weighted by atomic mass is 9.81. The van der Waals surface area contributed by atoms with Gasteiger partial charge in [-0.25, -0.2) is 14.4 Å². The lowest BCUT2D eigenvalue weighted by Crippen LogP contribution is -2.58. The number of fused-ring (bicyclic) bond motifs is 3. The number of ether oxygens (including phenoxy) is 9. The van der Waals surface area contributed by atoms with Crippen LogP contribution in [0.2, 0.25) is 0 Å². The number of hydrogen-bond donors (Lipinski definition) is 3. The summed E-state index contributed by atoms with van der Waals surface area (Å²) < 4.78 is 63.4. The number of methoxy groups -OCH3 is 7. The van der Waals surface area contributed by atoms with E-state index in [4.69, 9.17) is 51.5 Å². The fourth-order valence-electron chi connectivity index (χ4n) is 7.24. The van der Waals surface area contributed by atoms with Crippen LogP contribution in [0.3, 0.4) is 0 Å². The fraction of sp³-hybridized carbons (Fsp3) is 0.382. The number of carbonyl (C=O) groups excluding carboxylic acids is 1. The van der Waals surface area contributed by atoms with Gasteiger partial charge in [0.25, 0.3) is 0 Å². The van der Waals surface area contributed by atoms with Crippen LogP contribution >= 0.6 is 0 Å². The van der Waals surface area contributed by atoms with E-state index in [-0.39, 0.29) is 95.2 Å². The summed E-state index contributed by atoms with van der Waals surface area (Å²) in [5.41, 5.74) is -2.74. The van der Waals surface area contributed by atoms with Crippen molar-refractivity contribution >= 4 is 38.7 Å². The Hall–Kier alpha value is -5.49. The maximum absolute atomic E-state index is 14.4. The second-order valence-electron chi connectivity index (χ2n) is 11.6. The second kappa shape index (κ2) is 12.4. The maximum Gasteiger partial charge on any atom is 0.345 e. The molecule has 0 aliphatic carbocycles. The molecular formula is C34H32O17. The van der Waals surface area contributed by atoms with Crippen molar-refractivity contribution < 1.29 is 71.6 Å². The Labute approximate surface area is 286 Å². The molecular weight excluding hydrogens is 680 g/mol. The van der Waals surface area contributed by atoms with Gasteiger partial charge >= 0.3 is 17.2 Å². The molecule has 2 aliphatic heterocycles. The number of esters is 1. The predicted octanol–water partition coefficient (Wildman–Crippen LogP) is 1.91. The van der Waals surface area contributed by atoms with Crippen molar-refractivity contribution in [3.8, 4) is 51.4 Å². The summed E-state index contributed by atoms with van der Waals surface area (Å²) >= 11 is 0. The maximum atomic E-state index is 14.4. The van der Waals surface area contributed by atoms with E-state index in [0.717, 1.165) is 0 Å². The Morgan fingerprint density at radius 3 is 1.80 bits per heavy atom. The van der Waals surface area contributed by atoms with Gasteiger partial charge in [0, 0.05) is 27.5 Å². The first-order valence-electron chi connectivity index (χ1n) is 15.3. The summed E-state index contributed by atoms with van der Waals surface area (Å²) in [6, 6.07) is 1.37. The molecule has 1 saturated heterocycles. The molecule has 2 aromatic heterocycles. The van der Waals surface area contributed by atoms with Gasteiger partial charge in [0.1, 0.15) is 24.4 Å². The third-order valence-electron chi connectivity index (χ3n) is 9.33. The topological polar surface area (TPSA) is 221 Å². The van der Waals surface area contributed by atoms with Crippen LogP contribution in [0.4, 0.5) is 0 Å². The molecule has 3 aromatic carbocycles. The van der Waals surface area contributed by atoms with Gasteiger partial charge in [-0.2, -0.15) is 0 Å². The number of carbonyl (C=O) groups is 1. The Morgan fingerprint density at radius 2 is 1.22 bits per heavy atom. The molecule has 5 atom stereocenters. The van der Waals surface area contributed by atoms with Crippen LogP contribution in [0.5, 0.6) is 40.2 Å². The van der Waals surface area contributed by atoms with Crippen molar-refractivity contribution in [2.45, 2.75) is 30.5 Å². The molecule has 0 unspecified atom stereocenters. The van der Waals surface area contributed by atoms with E-state index >= 15 is 0 Å². The normalized spacial score (nSPS) is 21.3. The molecule has 4 heterocycles. The minimum absolute atomic E-state index is 0.0107. The van der Waals surface area contributed by atoms with Gasteiger partial charge < -0.3 is 66.8 Å². The summed E-state index contributed by atoms with van der Waals surface area (Å²) in [4.78, 5) is 42.1. The Balaban J connectivity index is 1.75. The van der Waals surface area contributed by atoms with Crippen molar-refractivity contribution in [1.82, 2.24) is 0 Å². The molecule has 51 heavy (non-hydrogen) atoms. The highest BCUT2D eigenvalue weighted by Crippen LogP contribution is 2.60. The lowest BCUT2D eigenvalue weighted by molar-refractivity contribution is -0.235. The van der Waals surface area contributed by atoms with Gasteiger partial charge in [0.05, 0.1) is 72.7 Å². The molecule has 0 radical (unpaired) electrons. The first-order valence-corrected chi connectivity index (χ1v) is 15.3. The largest absolute Gasteiger partial charge is 0.493 e. The van der Waals surface area contributed by atoms with Crippen molar-refractivity contribution in [3.05, 3.63) is 38.0 Å². The van der Waals surface area contributed by atoms with Gasteiger partial charge in [-0.1, -0.05) is 0 Å². The smallest absolute Gasteiger partial charge is 0.345 e. The monoisotopic (exact) mass is 712 g/mol. The number of aliphatic hydroxyl groups is 3. The molecule has 5 aromatic rings. The van der Waals surface area contributed by atoms with Gasteiger partial charge in [0.2, 0.25) is 17.2 Å². The zero-order valence-electron chi connectivity index (χ0n) is 28.2. The number of rotatable bonds is 9. The van der Waals surface area contributed by atoms with E-state index in [1.807, 2.05) is 0 Å². The third-order valence-corrected chi connectivity index (χ3v) is 9.33. The average molecular weight is 713 g/mol. The zero-order valence-corrected chi connectivity index (χ0v) is 28.2. The fourth-order valence-corrected chi connectivity index (χ4v) is 7.24. The first-order chi connectivity index (χ1) is 24.6. The molecule has 0 spiro atoms. The molecule has 17 nitrogen and oxygen atoms in total. The van der Waals surface area contributed by atoms with Crippen LogP contribution in [0.15, 0.2) is 24.5 Å². The quantitative estimate of drug-likeness (QED) is 0.113. The van der Waals surface area contributed by atoms with Gasteiger partial charge in [-0.15, -0.1) is 0 Å². The molecule has 17 heteroatoms. The van der Waals surface area contributed by atoms with Gasteiger partial charge in [0.15, 0.2) is 40.3 Å². The van der Waals surface area contributed by atoms with Crippen LogP contribution in [0, 0.1) is 0 Å². The van der Waals surface area contributed by atoms with Crippen molar-refractivity contribution in [2.24, 2.45) is 0 Å². The minimum Gasteiger partial charge on any atom is -0.493 e. The van der Waals surface area contributed by atoms with Gasteiger partial charge in [-0.3, -0.25) is 0 Å². The molecule has 7 rings (SSSR count). The van der Waals surface area contributed by atoms with Crippen LogP contribution < -0.4 is 44.4 Å². The molecule has 0 saturated carbocycles. The van der Waals surface area contributed by atoms with Gasteiger partial charge in [-0.05, 0) is 6.07 Å². The van der Waals surface area contributed by atoms with E-state index < -0.39 is 54.3 Å². The molecule has 3 N–H and O–H groups in total. The molecule has 0 amide bonds. The van der Waals surface area contributed by atoms with Crippen molar-refractivity contribution in [2.75, 3.05) is 56.4 Å². The highest BCUT2D eigenvalue weighted by atomic mass is 16.6. The standard InChI is InChI=1S/C34H32O17/c1-41-11-8-10-13-14-17(33(39)50-26(13)22(11)42-2)15(24(44-4)31(47-7)27(14)49-32(10)38)16-18-19(25(45-5)30(46-6)23(16)43-3)28-29(51-34(18)40)21(37)20(36)12(9-35)48-28/h8,12,20-21,28-29,35-37H,9H2,1-7H3/t12-,20-,21+,28-,29-/m1/s1. The van der Waals surface area contributed by atoms with Crippen LogP contribution in [0.25, 0.3) is 43.8 Å². The van der Waals surface area contributed by atoms with E-state index in [2.05, 4.69) is 0 Å². The summed E-state index contributed by atoms with van der Waals surface area (Å²) in [6.07, 6.45) is -7.43. The lowest BCUT2D eigenvalue weighted by Gasteiger charge is -2.45. The summed E-state index contributed by atoms with van der Waals surface area (Å²) in [6.45, 7) is -0.701. The molecule has 270 valence electrons. The van der Waals surface area contributed by atoms with E-state index in [0.29, 0.717) is 0 Å².